The minimum atomic E-state index is -0.921. The van der Waals surface area contributed by atoms with Gasteiger partial charge in [-0.25, -0.2) is 0 Å². The zero-order chi connectivity index (χ0) is 15.8. The van der Waals surface area contributed by atoms with Gasteiger partial charge in [0.25, 0.3) is 0 Å². The Morgan fingerprint density at radius 3 is 1.71 bits per heavy atom. The van der Waals surface area contributed by atoms with Gasteiger partial charge >= 0.3 is 17.9 Å². The number of carbonyl (C=O) groups is 3. The van der Waals surface area contributed by atoms with Crippen molar-refractivity contribution in [1.82, 2.24) is 0 Å². The fourth-order valence-corrected chi connectivity index (χ4v) is 2.05. The monoisotopic (exact) mass is 294 g/mol. The van der Waals surface area contributed by atoms with Crippen molar-refractivity contribution in [2.45, 2.75) is 38.5 Å². The molecule has 0 aliphatic heterocycles. The molecule has 6 nitrogen and oxygen atoms in total. The van der Waals surface area contributed by atoms with E-state index < -0.39 is 17.9 Å². The zero-order valence-electron chi connectivity index (χ0n) is 11.5. The molecular formula is C15H18O6. The average Bonchev–Trinajstić information content (AvgIpc) is 2.41. The Labute approximate surface area is 122 Å². The van der Waals surface area contributed by atoms with Crippen LogP contribution in [0.25, 0.3) is 0 Å². The van der Waals surface area contributed by atoms with E-state index in [1.807, 2.05) is 0 Å². The lowest BCUT2D eigenvalue weighted by molar-refractivity contribution is -0.138. The summed E-state index contributed by atoms with van der Waals surface area (Å²) < 4.78 is 0. The van der Waals surface area contributed by atoms with E-state index in [1.54, 1.807) is 18.2 Å². The van der Waals surface area contributed by atoms with Crippen molar-refractivity contribution >= 4 is 17.9 Å². The summed E-state index contributed by atoms with van der Waals surface area (Å²) in [5.41, 5.74) is 2.40. The maximum atomic E-state index is 10.7. The van der Waals surface area contributed by atoms with Gasteiger partial charge in [0, 0.05) is 19.3 Å². The molecule has 0 atom stereocenters. The minimum absolute atomic E-state index is 0.00679. The van der Waals surface area contributed by atoms with Gasteiger partial charge in [0.2, 0.25) is 0 Å². The predicted octanol–water partition coefficient (Wildman–Crippen LogP) is 1.74. The number of aliphatic carboxylic acids is 3. The summed E-state index contributed by atoms with van der Waals surface area (Å²) in [7, 11) is 0. The first-order valence-corrected chi connectivity index (χ1v) is 6.64. The fourth-order valence-electron chi connectivity index (χ4n) is 2.05. The Morgan fingerprint density at radius 1 is 0.714 bits per heavy atom. The Kier molecular flexibility index (Phi) is 6.39. The molecule has 114 valence electrons. The van der Waals surface area contributed by atoms with Crippen LogP contribution in [0.4, 0.5) is 0 Å². The second kappa shape index (κ2) is 8.04. The van der Waals surface area contributed by atoms with Gasteiger partial charge in [0.15, 0.2) is 0 Å². The maximum Gasteiger partial charge on any atom is 0.303 e. The van der Waals surface area contributed by atoms with Crippen molar-refractivity contribution in [3.8, 4) is 0 Å². The summed E-state index contributed by atoms with van der Waals surface area (Å²) in [5, 5.41) is 26.2. The molecular weight excluding hydrogens is 276 g/mol. The summed E-state index contributed by atoms with van der Waals surface area (Å²) in [6.45, 7) is 0. The number of carboxylic acids is 3. The highest BCUT2D eigenvalue weighted by atomic mass is 16.4. The van der Waals surface area contributed by atoms with E-state index in [4.69, 9.17) is 15.3 Å². The lowest BCUT2D eigenvalue weighted by Crippen LogP contribution is -2.05. The van der Waals surface area contributed by atoms with Gasteiger partial charge in [-0.3, -0.25) is 14.4 Å². The molecule has 0 fully saturated rings. The van der Waals surface area contributed by atoms with Gasteiger partial charge < -0.3 is 15.3 Å². The Morgan fingerprint density at radius 2 is 1.19 bits per heavy atom. The second-order valence-electron chi connectivity index (χ2n) is 4.78. The van der Waals surface area contributed by atoms with Gasteiger partial charge in [-0.2, -0.15) is 0 Å². The Hall–Kier alpha value is -2.37. The first-order valence-electron chi connectivity index (χ1n) is 6.64. The molecule has 1 aromatic carbocycles. The third kappa shape index (κ3) is 6.56. The van der Waals surface area contributed by atoms with E-state index >= 15 is 0 Å². The van der Waals surface area contributed by atoms with Crippen molar-refractivity contribution in [3.05, 3.63) is 34.9 Å². The average molecular weight is 294 g/mol. The van der Waals surface area contributed by atoms with E-state index in [1.165, 1.54) is 0 Å². The smallest absolute Gasteiger partial charge is 0.303 e. The highest BCUT2D eigenvalue weighted by Crippen LogP contribution is 2.17. The van der Waals surface area contributed by atoms with Crippen molar-refractivity contribution in [2.75, 3.05) is 0 Å². The molecule has 0 radical (unpaired) electrons. The third-order valence-electron chi connectivity index (χ3n) is 3.11. The normalized spacial score (nSPS) is 10.3. The van der Waals surface area contributed by atoms with Crippen LogP contribution in [0.1, 0.15) is 36.0 Å². The first kappa shape index (κ1) is 16.7. The van der Waals surface area contributed by atoms with Crippen LogP contribution in [0, 0.1) is 0 Å². The standard InChI is InChI=1S/C15H18O6/c16-13(17)6-2-10-1-3-11(4-7-14(18)19)12(9-10)5-8-15(20)21/h1,3,9H,2,4-8H2,(H,16,17)(H,18,19)(H,20,21). The van der Waals surface area contributed by atoms with Gasteiger partial charge in [-0.1, -0.05) is 18.2 Å². The maximum absolute atomic E-state index is 10.7. The van der Waals surface area contributed by atoms with E-state index in [9.17, 15) is 14.4 Å². The molecule has 0 spiro atoms. The second-order valence-corrected chi connectivity index (χ2v) is 4.78. The van der Waals surface area contributed by atoms with Crippen LogP contribution < -0.4 is 0 Å². The Balaban J connectivity index is 2.86. The quantitative estimate of drug-likeness (QED) is 0.639. The molecule has 0 aliphatic carbocycles. The van der Waals surface area contributed by atoms with Gasteiger partial charge in [0.1, 0.15) is 0 Å². The summed E-state index contributed by atoms with van der Waals surface area (Å²) in [6, 6.07) is 5.31. The van der Waals surface area contributed by atoms with E-state index in [0.29, 0.717) is 19.3 Å². The lowest BCUT2D eigenvalue weighted by atomic mass is 9.95. The molecule has 0 aliphatic rings. The highest BCUT2D eigenvalue weighted by molar-refractivity contribution is 5.68. The fraction of sp³-hybridized carbons (Fsp3) is 0.400. The van der Waals surface area contributed by atoms with Crippen molar-refractivity contribution in [3.63, 3.8) is 0 Å². The number of rotatable bonds is 9. The van der Waals surface area contributed by atoms with Crippen LogP contribution in [-0.2, 0) is 33.6 Å². The zero-order valence-corrected chi connectivity index (χ0v) is 11.5. The van der Waals surface area contributed by atoms with Crippen molar-refractivity contribution in [2.24, 2.45) is 0 Å². The van der Waals surface area contributed by atoms with E-state index in [-0.39, 0.29) is 19.3 Å². The summed E-state index contributed by atoms with van der Waals surface area (Å²) in [5.74, 6) is -2.72. The SMILES string of the molecule is O=C(O)CCc1ccc(CCC(=O)O)c(CCC(=O)O)c1. The van der Waals surface area contributed by atoms with Gasteiger partial charge in [-0.05, 0) is 36.0 Å². The number of hydrogen-bond donors (Lipinski definition) is 3. The molecule has 0 bridgehead atoms. The topological polar surface area (TPSA) is 112 Å². The van der Waals surface area contributed by atoms with Crippen molar-refractivity contribution < 1.29 is 29.7 Å². The first-order chi connectivity index (χ1) is 9.88. The molecule has 21 heavy (non-hydrogen) atoms. The largest absolute Gasteiger partial charge is 0.481 e. The van der Waals surface area contributed by atoms with Crippen LogP contribution in [0.3, 0.4) is 0 Å². The van der Waals surface area contributed by atoms with E-state index in [0.717, 1.165) is 16.7 Å². The summed E-state index contributed by atoms with van der Waals surface area (Å²) in [6.07, 6.45) is 0.965. The molecule has 0 amide bonds. The molecule has 0 unspecified atom stereocenters. The molecule has 1 aromatic rings. The van der Waals surface area contributed by atoms with Gasteiger partial charge in [0.05, 0.1) is 0 Å². The minimum Gasteiger partial charge on any atom is -0.481 e. The molecule has 6 heteroatoms. The van der Waals surface area contributed by atoms with Crippen LogP contribution >= 0.6 is 0 Å². The molecule has 0 heterocycles. The molecule has 0 saturated heterocycles. The number of carboxylic acid groups (broad SMARTS) is 3. The molecule has 3 N–H and O–H groups in total. The Bertz CT molecular complexity index is 535. The number of hydrogen-bond acceptors (Lipinski definition) is 3. The van der Waals surface area contributed by atoms with E-state index in [2.05, 4.69) is 0 Å². The third-order valence-corrected chi connectivity index (χ3v) is 3.11. The number of benzene rings is 1. The van der Waals surface area contributed by atoms with Crippen LogP contribution in [0.15, 0.2) is 18.2 Å². The molecule has 0 saturated carbocycles. The predicted molar refractivity (Wildman–Crippen MR) is 74.3 cm³/mol. The molecule has 0 aromatic heterocycles. The van der Waals surface area contributed by atoms with Crippen molar-refractivity contribution in [1.29, 1.82) is 0 Å². The van der Waals surface area contributed by atoms with Crippen LogP contribution in [-0.4, -0.2) is 33.2 Å². The highest BCUT2D eigenvalue weighted by Gasteiger charge is 2.09. The lowest BCUT2D eigenvalue weighted by Gasteiger charge is -2.10. The molecule has 1 rings (SSSR count). The van der Waals surface area contributed by atoms with Crippen LogP contribution in [0.5, 0.6) is 0 Å². The summed E-state index contributed by atoms with van der Waals surface area (Å²) in [4.78, 5) is 31.9. The number of aryl methyl sites for hydroxylation is 3. The summed E-state index contributed by atoms with van der Waals surface area (Å²) >= 11 is 0. The van der Waals surface area contributed by atoms with Crippen LogP contribution in [0.2, 0.25) is 0 Å². The van der Waals surface area contributed by atoms with Gasteiger partial charge in [-0.15, -0.1) is 0 Å².